The molecular weight excluding hydrogens is 181 g/mol. The molecule has 1 aromatic rings. The molecule has 76 valence electrons. The van der Waals surface area contributed by atoms with Gasteiger partial charge in [-0.3, -0.25) is 0 Å². The van der Waals surface area contributed by atoms with E-state index in [-0.39, 0.29) is 24.3 Å². The van der Waals surface area contributed by atoms with Crippen LogP contribution in [0.15, 0.2) is 24.3 Å². The molecular formula is C11H14FNO. The molecule has 2 N–H and O–H groups in total. The molecule has 3 heteroatoms. The van der Waals surface area contributed by atoms with Crippen LogP contribution in [0.3, 0.4) is 0 Å². The molecule has 0 spiro atoms. The number of nitrogens with one attached hydrogen (secondary N) is 1. The predicted molar refractivity (Wildman–Crippen MR) is 52.6 cm³/mol. The second-order valence-electron chi connectivity index (χ2n) is 3.76. The smallest absolute Gasteiger partial charge is 0.123 e. The molecule has 0 radical (unpaired) electrons. The Labute approximate surface area is 82.8 Å². The summed E-state index contributed by atoms with van der Waals surface area (Å²) in [6.45, 7) is 1.81. The van der Waals surface area contributed by atoms with Gasteiger partial charge in [-0.1, -0.05) is 12.1 Å². The van der Waals surface area contributed by atoms with Crippen LogP contribution in [-0.4, -0.2) is 24.8 Å². The first kappa shape index (κ1) is 9.62. The van der Waals surface area contributed by atoms with Crippen molar-refractivity contribution in [1.29, 1.82) is 0 Å². The third-order valence-electron chi connectivity index (χ3n) is 2.85. The Bertz CT molecular complexity index is 316. The van der Waals surface area contributed by atoms with Crippen molar-refractivity contribution in [3.8, 4) is 0 Å². The van der Waals surface area contributed by atoms with Crippen molar-refractivity contribution in [2.75, 3.05) is 19.7 Å². The minimum Gasteiger partial charge on any atom is -0.396 e. The highest BCUT2D eigenvalue weighted by atomic mass is 19.1. The second-order valence-corrected chi connectivity index (χ2v) is 3.76. The van der Waals surface area contributed by atoms with Gasteiger partial charge in [0.2, 0.25) is 0 Å². The summed E-state index contributed by atoms with van der Waals surface area (Å²) < 4.78 is 13.0. The topological polar surface area (TPSA) is 32.3 Å². The zero-order valence-electron chi connectivity index (χ0n) is 7.91. The monoisotopic (exact) mass is 195 g/mol. The van der Waals surface area contributed by atoms with Crippen LogP contribution in [0.2, 0.25) is 0 Å². The zero-order valence-corrected chi connectivity index (χ0v) is 7.91. The van der Waals surface area contributed by atoms with Gasteiger partial charge in [0.1, 0.15) is 5.82 Å². The Kier molecular flexibility index (Phi) is 2.79. The average Bonchev–Trinajstić information content (AvgIpc) is 2.65. The number of hydrogen-bond donors (Lipinski definition) is 2. The lowest BCUT2D eigenvalue weighted by molar-refractivity contribution is 0.226. The Morgan fingerprint density at radius 3 is 3.00 bits per heavy atom. The Hall–Kier alpha value is -0.930. The van der Waals surface area contributed by atoms with Gasteiger partial charge in [-0.25, -0.2) is 4.39 Å². The van der Waals surface area contributed by atoms with E-state index < -0.39 is 0 Å². The molecule has 0 saturated carbocycles. The van der Waals surface area contributed by atoms with Crippen molar-refractivity contribution >= 4 is 0 Å². The molecule has 1 aromatic carbocycles. The van der Waals surface area contributed by atoms with Crippen LogP contribution >= 0.6 is 0 Å². The highest BCUT2D eigenvalue weighted by Crippen LogP contribution is 2.27. The molecule has 0 aromatic heterocycles. The summed E-state index contributed by atoms with van der Waals surface area (Å²) in [5.41, 5.74) is 0.981. The van der Waals surface area contributed by atoms with Crippen molar-refractivity contribution in [2.45, 2.75) is 5.92 Å². The number of rotatable bonds is 2. The predicted octanol–water partition coefficient (Wildman–Crippen LogP) is 1.12. The van der Waals surface area contributed by atoms with Gasteiger partial charge >= 0.3 is 0 Å². The summed E-state index contributed by atoms with van der Waals surface area (Å²) in [6.07, 6.45) is 0. The lowest BCUT2D eigenvalue weighted by atomic mass is 9.89. The van der Waals surface area contributed by atoms with E-state index >= 15 is 0 Å². The average molecular weight is 195 g/mol. The van der Waals surface area contributed by atoms with E-state index in [0.717, 1.165) is 18.7 Å². The maximum Gasteiger partial charge on any atom is 0.123 e. The molecule has 1 aliphatic heterocycles. The number of benzene rings is 1. The van der Waals surface area contributed by atoms with E-state index in [1.807, 2.05) is 6.07 Å². The second kappa shape index (κ2) is 4.07. The van der Waals surface area contributed by atoms with Crippen LogP contribution in [0.25, 0.3) is 0 Å². The standard InChI is InChI=1S/C11H14FNO/c12-10-3-1-2-8(4-10)11-6-13-5-9(11)7-14/h1-4,9,11,13-14H,5-7H2. The number of aliphatic hydroxyl groups excluding tert-OH is 1. The van der Waals surface area contributed by atoms with Gasteiger partial charge in [0.05, 0.1) is 0 Å². The molecule has 1 saturated heterocycles. The summed E-state index contributed by atoms with van der Waals surface area (Å²) in [6, 6.07) is 6.64. The summed E-state index contributed by atoms with van der Waals surface area (Å²) in [7, 11) is 0. The first-order valence-electron chi connectivity index (χ1n) is 4.88. The highest BCUT2D eigenvalue weighted by Gasteiger charge is 2.27. The summed E-state index contributed by atoms with van der Waals surface area (Å²) in [4.78, 5) is 0. The quantitative estimate of drug-likeness (QED) is 0.741. The van der Waals surface area contributed by atoms with Gasteiger partial charge in [-0.2, -0.15) is 0 Å². The fourth-order valence-corrected chi connectivity index (χ4v) is 2.05. The maximum atomic E-state index is 13.0. The molecule has 1 fully saturated rings. The summed E-state index contributed by atoms with van der Waals surface area (Å²) >= 11 is 0. The largest absolute Gasteiger partial charge is 0.396 e. The molecule has 1 aliphatic rings. The minimum atomic E-state index is -0.203. The first-order chi connectivity index (χ1) is 6.81. The van der Waals surface area contributed by atoms with Crippen molar-refractivity contribution < 1.29 is 9.50 Å². The Morgan fingerprint density at radius 1 is 1.43 bits per heavy atom. The normalized spacial score (nSPS) is 26.7. The molecule has 14 heavy (non-hydrogen) atoms. The molecule has 1 heterocycles. The van der Waals surface area contributed by atoms with Crippen LogP contribution in [0.4, 0.5) is 4.39 Å². The third kappa shape index (κ3) is 1.79. The van der Waals surface area contributed by atoms with Crippen LogP contribution < -0.4 is 5.32 Å². The van der Waals surface area contributed by atoms with Gasteiger partial charge in [0.15, 0.2) is 0 Å². The van der Waals surface area contributed by atoms with Crippen LogP contribution in [-0.2, 0) is 0 Å². The summed E-state index contributed by atoms with van der Waals surface area (Å²) in [5, 5.41) is 12.3. The van der Waals surface area contributed by atoms with Crippen LogP contribution in [0.1, 0.15) is 11.5 Å². The zero-order chi connectivity index (χ0) is 9.97. The van der Waals surface area contributed by atoms with Gasteiger partial charge in [-0.15, -0.1) is 0 Å². The summed E-state index contributed by atoms with van der Waals surface area (Å²) in [5.74, 6) is 0.263. The van der Waals surface area contributed by atoms with E-state index in [9.17, 15) is 4.39 Å². The molecule has 0 bridgehead atoms. The lowest BCUT2D eigenvalue weighted by Crippen LogP contribution is -2.14. The number of hydrogen-bond acceptors (Lipinski definition) is 2. The number of aliphatic hydroxyl groups is 1. The van der Waals surface area contributed by atoms with E-state index in [0.29, 0.717) is 0 Å². The molecule has 2 nitrogen and oxygen atoms in total. The van der Waals surface area contributed by atoms with Crippen LogP contribution in [0, 0.1) is 11.7 Å². The van der Waals surface area contributed by atoms with E-state index in [4.69, 9.17) is 5.11 Å². The molecule has 0 aliphatic carbocycles. The van der Waals surface area contributed by atoms with Crippen molar-refractivity contribution in [3.05, 3.63) is 35.6 Å². The van der Waals surface area contributed by atoms with Crippen molar-refractivity contribution in [1.82, 2.24) is 5.32 Å². The van der Waals surface area contributed by atoms with E-state index in [1.54, 1.807) is 12.1 Å². The maximum absolute atomic E-state index is 13.0. The van der Waals surface area contributed by atoms with Crippen molar-refractivity contribution in [2.24, 2.45) is 5.92 Å². The van der Waals surface area contributed by atoms with E-state index in [2.05, 4.69) is 5.32 Å². The van der Waals surface area contributed by atoms with Gasteiger partial charge < -0.3 is 10.4 Å². The highest BCUT2D eigenvalue weighted by molar-refractivity contribution is 5.23. The van der Waals surface area contributed by atoms with Gasteiger partial charge in [0, 0.05) is 31.5 Å². The Morgan fingerprint density at radius 2 is 2.29 bits per heavy atom. The lowest BCUT2D eigenvalue weighted by Gasteiger charge is -2.16. The van der Waals surface area contributed by atoms with E-state index in [1.165, 1.54) is 6.07 Å². The van der Waals surface area contributed by atoms with Gasteiger partial charge in [-0.05, 0) is 17.7 Å². The Balaban J connectivity index is 2.21. The van der Waals surface area contributed by atoms with Crippen molar-refractivity contribution in [3.63, 3.8) is 0 Å². The van der Waals surface area contributed by atoms with Gasteiger partial charge in [0.25, 0.3) is 0 Å². The SMILES string of the molecule is OCC1CNCC1c1cccc(F)c1. The van der Waals surface area contributed by atoms with Crippen LogP contribution in [0.5, 0.6) is 0 Å². The minimum absolute atomic E-state index is 0.161. The fourth-order valence-electron chi connectivity index (χ4n) is 2.05. The first-order valence-corrected chi connectivity index (χ1v) is 4.88. The molecule has 2 rings (SSSR count). The molecule has 2 atom stereocenters. The fraction of sp³-hybridized carbons (Fsp3) is 0.455. The third-order valence-corrected chi connectivity index (χ3v) is 2.85. The number of halogens is 1. The molecule has 0 amide bonds. The molecule has 2 unspecified atom stereocenters.